The van der Waals surface area contributed by atoms with Gasteiger partial charge in [-0.15, -0.1) is 10.2 Å². The Labute approximate surface area is 221 Å². The fraction of sp³-hybridized carbons (Fsp3) is 0.333. The number of carbonyl (C=O) groups excluding carboxylic acids is 1. The maximum absolute atomic E-state index is 14.2. The van der Waals surface area contributed by atoms with E-state index >= 15 is 0 Å². The van der Waals surface area contributed by atoms with Crippen LogP contribution in [0.1, 0.15) is 53.9 Å². The third-order valence-electron chi connectivity index (χ3n) is 7.63. The fourth-order valence-corrected chi connectivity index (χ4v) is 5.11. The normalized spacial score (nSPS) is 15.3. The number of nitrogens with zero attached hydrogens (tertiary/aromatic N) is 5. The van der Waals surface area contributed by atoms with Crippen LogP contribution in [0.2, 0.25) is 0 Å². The first-order valence-corrected chi connectivity index (χ1v) is 13.0. The first-order chi connectivity index (χ1) is 18.2. The van der Waals surface area contributed by atoms with Crippen molar-refractivity contribution in [3.05, 3.63) is 83.1 Å². The Morgan fingerprint density at radius 1 is 1.05 bits per heavy atom. The van der Waals surface area contributed by atoms with Gasteiger partial charge in [-0.1, -0.05) is 18.2 Å². The molecule has 194 valence electrons. The van der Waals surface area contributed by atoms with Crippen molar-refractivity contribution >= 4 is 11.7 Å². The molecule has 1 fully saturated rings. The van der Waals surface area contributed by atoms with E-state index in [1.54, 1.807) is 21.9 Å². The topological polar surface area (TPSA) is 75.9 Å². The van der Waals surface area contributed by atoms with E-state index in [9.17, 15) is 9.18 Å². The number of aryl methyl sites for hydroxylation is 2. The molecule has 0 atom stereocenters. The van der Waals surface area contributed by atoms with Gasteiger partial charge in [-0.3, -0.25) is 9.69 Å². The van der Waals surface area contributed by atoms with Gasteiger partial charge in [0.05, 0.1) is 6.54 Å². The van der Waals surface area contributed by atoms with Crippen LogP contribution in [0.3, 0.4) is 0 Å². The van der Waals surface area contributed by atoms with E-state index in [0.29, 0.717) is 29.3 Å². The van der Waals surface area contributed by atoms with Crippen LogP contribution in [0, 0.1) is 18.7 Å². The lowest BCUT2D eigenvalue weighted by atomic mass is 9.94. The summed E-state index contributed by atoms with van der Waals surface area (Å²) < 4.78 is 16.0. The maximum Gasteiger partial charge on any atom is 0.260 e. The Balaban J connectivity index is 1.33. The molecule has 1 N–H and O–H groups in total. The number of aromatic nitrogens is 4. The molecule has 1 aliphatic carbocycles. The summed E-state index contributed by atoms with van der Waals surface area (Å²) in [4.78, 5) is 20.2. The summed E-state index contributed by atoms with van der Waals surface area (Å²) in [6.45, 7) is 7.79. The molecule has 38 heavy (non-hydrogen) atoms. The van der Waals surface area contributed by atoms with Crippen molar-refractivity contribution < 1.29 is 9.18 Å². The number of amides is 1. The Morgan fingerprint density at radius 3 is 2.61 bits per heavy atom. The van der Waals surface area contributed by atoms with Crippen LogP contribution in [-0.2, 0) is 19.1 Å². The van der Waals surface area contributed by atoms with Crippen molar-refractivity contribution in [3.63, 3.8) is 0 Å². The molecule has 4 aromatic rings. The van der Waals surface area contributed by atoms with E-state index in [1.165, 1.54) is 25.0 Å². The summed E-state index contributed by atoms with van der Waals surface area (Å²) in [6, 6.07) is 14.6. The van der Waals surface area contributed by atoms with Gasteiger partial charge in [-0.25, -0.2) is 9.37 Å². The van der Waals surface area contributed by atoms with Gasteiger partial charge < -0.3 is 9.88 Å². The molecule has 0 radical (unpaired) electrons. The van der Waals surface area contributed by atoms with Gasteiger partial charge in [0.15, 0.2) is 5.82 Å². The van der Waals surface area contributed by atoms with E-state index in [1.807, 2.05) is 38.2 Å². The third-order valence-corrected chi connectivity index (χ3v) is 7.63. The van der Waals surface area contributed by atoms with Gasteiger partial charge in [0.25, 0.3) is 5.91 Å². The van der Waals surface area contributed by atoms with Crippen LogP contribution in [-0.4, -0.2) is 32.2 Å². The quantitative estimate of drug-likeness (QED) is 0.361. The number of fused-ring (bicyclic) bond motifs is 1. The second-order valence-corrected chi connectivity index (χ2v) is 11.0. The van der Waals surface area contributed by atoms with Gasteiger partial charge in [0.2, 0.25) is 0 Å². The summed E-state index contributed by atoms with van der Waals surface area (Å²) in [5.74, 6) is 1.55. The molecular weight excluding hydrogens is 479 g/mol. The zero-order chi connectivity index (χ0) is 26.6. The number of carbonyl (C=O) groups is 1. The molecule has 7 nitrogen and oxygen atoms in total. The lowest BCUT2D eigenvalue weighted by Gasteiger charge is -2.29. The molecule has 2 aromatic carbocycles. The van der Waals surface area contributed by atoms with E-state index in [2.05, 4.69) is 35.4 Å². The molecule has 6 rings (SSSR count). The number of pyridine rings is 1. The molecule has 2 aromatic heterocycles. The molecule has 0 saturated heterocycles. The van der Waals surface area contributed by atoms with E-state index in [-0.39, 0.29) is 17.3 Å². The van der Waals surface area contributed by atoms with E-state index in [0.717, 1.165) is 40.4 Å². The molecule has 1 aliphatic heterocycles. The molecule has 1 saturated carbocycles. The number of benzene rings is 2. The van der Waals surface area contributed by atoms with E-state index < -0.39 is 0 Å². The van der Waals surface area contributed by atoms with Crippen molar-refractivity contribution in [1.82, 2.24) is 25.1 Å². The molecule has 2 aliphatic rings. The van der Waals surface area contributed by atoms with Crippen molar-refractivity contribution in [2.24, 2.45) is 13.0 Å². The highest BCUT2D eigenvalue weighted by atomic mass is 19.1. The standard InChI is InChI=1S/C30H31FN6O/c1-18-11-22(30(2,3)32-15-19-5-6-19)13-27(34-18)37-16-21-8-7-20(12-25(21)29(37)38)24-10-9-23(31)14-26(24)28-35-33-17-36(28)4/h7-14,17,19,32H,5-6,15-16H2,1-4H3. The Morgan fingerprint density at radius 2 is 1.87 bits per heavy atom. The first kappa shape index (κ1) is 24.4. The summed E-state index contributed by atoms with van der Waals surface area (Å²) in [6.07, 6.45) is 4.18. The van der Waals surface area contributed by atoms with Crippen LogP contribution in [0.4, 0.5) is 10.2 Å². The second-order valence-electron chi connectivity index (χ2n) is 11.0. The highest BCUT2D eigenvalue weighted by Crippen LogP contribution is 2.36. The lowest BCUT2D eigenvalue weighted by Crippen LogP contribution is -2.38. The molecule has 3 heterocycles. The highest BCUT2D eigenvalue weighted by Gasteiger charge is 2.32. The van der Waals surface area contributed by atoms with Crippen LogP contribution >= 0.6 is 0 Å². The zero-order valence-corrected chi connectivity index (χ0v) is 22.1. The van der Waals surface area contributed by atoms with Crippen LogP contribution in [0.5, 0.6) is 0 Å². The SMILES string of the molecule is Cc1cc(C(C)(C)NCC2CC2)cc(N2Cc3ccc(-c4ccc(F)cc4-c4nncn4C)cc3C2=O)n1. The van der Waals surface area contributed by atoms with Crippen molar-refractivity contribution in [2.75, 3.05) is 11.4 Å². The molecule has 0 bridgehead atoms. The van der Waals surface area contributed by atoms with Gasteiger partial charge in [0.1, 0.15) is 18.0 Å². The zero-order valence-electron chi connectivity index (χ0n) is 22.1. The number of halogens is 1. The summed E-state index contributed by atoms with van der Waals surface area (Å²) >= 11 is 0. The Bertz CT molecular complexity index is 1550. The largest absolute Gasteiger partial charge is 0.317 e. The van der Waals surface area contributed by atoms with Crippen LogP contribution in [0.25, 0.3) is 22.5 Å². The number of hydrogen-bond donors (Lipinski definition) is 1. The number of hydrogen-bond acceptors (Lipinski definition) is 5. The predicted octanol–water partition coefficient (Wildman–Crippen LogP) is 5.39. The number of rotatable bonds is 7. The minimum atomic E-state index is -0.356. The third kappa shape index (κ3) is 4.49. The Hall–Kier alpha value is -3.91. The van der Waals surface area contributed by atoms with Crippen LogP contribution in [0.15, 0.2) is 54.9 Å². The summed E-state index contributed by atoms with van der Waals surface area (Å²) in [5.41, 5.74) is 5.57. The van der Waals surface area contributed by atoms with Gasteiger partial charge >= 0.3 is 0 Å². The van der Waals surface area contributed by atoms with Crippen molar-refractivity contribution in [3.8, 4) is 22.5 Å². The Kier molecular flexibility index (Phi) is 5.87. The average molecular weight is 511 g/mol. The summed E-state index contributed by atoms with van der Waals surface area (Å²) in [7, 11) is 1.82. The maximum atomic E-state index is 14.2. The molecule has 8 heteroatoms. The van der Waals surface area contributed by atoms with Gasteiger partial charge in [-0.05, 0) is 98.7 Å². The molecule has 1 amide bonds. The summed E-state index contributed by atoms with van der Waals surface area (Å²) in [5, 5.41) is 11.8. The smallest absolute Gasteiger partial charge is 0.260 e. The molecular formula is C30H31FN6O. The minimum Gasteiger partial charge on any atom is -0.317 e. The predicted molar refractivity (Wildman–Crippen MR) is 145 cm³/mol. The fourth-order valence-electron chi connectivity index (χ4n) is 5.11. The lowest BCUT2D eigenvalue weighted by molar-refractivity contribution is 0.0996. The number of anilines is 1. The van der Waals surface area contributed by atoms with Crippen molar-refractivity contribution in [2.45, 2.75) is 45.7 Å². The van der Waals surface area contributed by atoms with Crippen LogP contribution < -0.4 is 10.2 Å². The monoisotopic (exact) mass is 510 g/mol. The molecule has 0 unspecified atom stereocenters. The van der Waals surface area contributed by atoms with Crippen molar-refractivity contribution in [1.29, 1.82) is 0 Å². The molecule has 0 spiro atoms. The van der Waals surface area contributed by atoms with E-state index in [4.69, 9.17) is 4.98 Å². The van der Waals surface area contributed by atoms with Gasteiger partial charge in [0, 0.05) is 29.4 Å². The first-order valence-electron chi connectivity index (χ1n) is 13.0. The highest BCUT2D eigenvalue weighted by molar-refractivity contribution is 6.10. The average Bonchev–Trinajstić information content (AvgIpc) is 3.54. The minimum absolute atomic E-state index is 0.0861. The van der Waals surface area contributed by atoms with Gasteiger partial charge in [-0.2, -0.15) is 0 Å². The second kappa shape index (κ2) is 9.13. The number of nitrogens with one attached hydrogen (secondary N) is 1.